The van der Waals surface area contributed by atoms with E-state index >= 15 is 0 Å². The molecule has 0 bridgehead atoms. The lowest BCUT2D eigenvalue weighted by atomic mass is 9.35. The lowest BCUT2D eigenvalue weighted by Gasteiger charge is -2.70. The topological polar surface area (TPSA) is 120 Å². The van der Waals surface area contributed by atoms with Gasteiger partial charge >= 0.3 is 0 Å². The van der Waals surface area contributed by atoms with E-state index < -0.39 is 37.3 Å². The van der Waals surface area contributed by atoms with Crippen LogP contribution < -0.4 is 0 Å². The monoisotopic (exact) mass is 602 g/mol. The van der Waals surface area contributed by atoms with Gasteiger partial charge in [-0.3, -0.25) is 0 Å². The normalized spacial score (nSPS) is 53.8. The fourth-order valence-corrected chi connectivity index (χ4v) is 11.6. The molecule has 7 heteroatoms. The second-order valence-electron chi connectivity index (χ2n) is 17.7. The van der Waals surface area contributed by atoms with Gasteiger partial charge in [-0.25, -0.2) is 0 Å². The van der Waals surface area contributed by atoms with Crippen LogP contribution in [0.1, 0.15) is 107 Å². The quantitative estimate of drug-likeness (QED) is 0.292. The molecule has 0 amide bonds. The van der Waals surface area contributed by atoms with Crippen LogP contribution in [0.5, 0.6) is 0 Å². The molecular formula is C36H58O7. The molecule has 0 spiro atoms. The van der Waals surface area contributed by atoms with Crippen molar-refractivity contribution in [1.82, 2.24) is 0 Å². The Morgan fingerprint density at radius 1 is 0.860 bits per heavy atom. The van der Waals surface area contributed by atoms with Gasteiger partial charge in [-0.2, -0.15) is 0 Å². The zero-order chi connectivity index (χ0) is 31.5. The number of hydrogen-bond acceptors (Lipinski definition) is 7. The molecule has 0 aromatic carbocycles. The van der Waals surface area contributed by atoms with Crippen molar-refractivity contribution in [1.29, 1.82) is 0 Å². The van der Waals surface area contributed by atoms with Crippen LogP contribution in [-0.2, 0) is 9.47 Å². The van der Waals surface area contributed by atoms with E-state index in [-0.39, 0.29) is 44.7 Å². The first-order valence-corrected chi connectivity index (χ1v) is 16.9. The van der Waals surface area contributed by atoms with E-state index in [0.717, 1.165) is 51.4 Å². The van der Waals surface area contributed by atoms with Crippen LogP contribution >= 0.6 is 0 Å². The summed E-state index contributed by atoms with van der Waals surface area (Å²) in [5.41, 5.74) is 2.97. The summed E-state index contributed by atoms with van der Waals surface area (Å²) in [6, 6.07) is 0. The molecule has 0 radical (unpaired) electrons. The molecule has 0 aromatic rings. The van der Waals surface area contributed by atoms with Crippen LogP contribution in [0, 0.1) is 44.3 Å². The smallest absolute Gasteiger partial charge is 0.186 e. The zero-order valence-corrected chi connectivity index (χ0v) is 27.8. The molecule has 7 nitrogen and oxygen atoms in total. The van der Waals surface area contributed by atoms with Crippen molar-refractivity contribution >= 4 is 0 Å². The minimum atomic E-state index is -1.44. The highest BCUT2D eigenvalue weighted by Crippen LogP contribution is 2.74. The molecule has 6 rings (SSSR count). The van der Waals surface area contributed by atoms with Gasteiger partial charge in [0.15, 0.2) is 6.29 Å². The number of allylic oxidation sites excluding steroid dienone is 3. The second kappa shape index (κ2) is 10.1. The SMILES string of the molecule is CC1(C)CC2=C3C=C[C@@H]4[C@@]5(C)CC[C@H](O[C@@H]6O[C@H](CO)[C@@H](O)[C@H](O)[C@H]6O)C(C)(C)[C@@H]5CC[C@@]4(C)[C@]3(C)CC[C@@]2(C)[C@H](O)C1. The Kier molecular flexibility index (Phi) is 7.55. The van der Waals surface area contributed by atoms with Crippen LogP contribution in [0.15, 0.2) is 23.3 Å². The van der Waals surface area contributed by atoms with Gasteiger partial charge in [-0.15, -0.1) is 0 Å². The van der Waals surface area contributed by atoms with E-state index in [1.807, 2.05) is 0 Å². The molecule has 1 heterocycles. The van der Waals surface area contributed by atoms with Gasteiger partial charge in [-0.05, 0) is 95.9 Å². The largest absolute Gasteiger partial charge is 0.394 e. The van der Waals surface area contributed by atoms with Crippen molar-refractivity contribution in [3.05, 3.63) is 23.3 Å². The van der Waals surface area contributed by atoms with Crippen molar-refractivity contribution in [3.8, 4) is 0 Å². The number of fused-ring (bicyclic) bond motifs is 6. The average molecular weight is 603 g/mol. The summed E-state index contributed by atoms with van der Waals surface area (Å²) >= 11 is 0. The highest BCUT2D eigenvalue weighted by Gasteiger charge is 2.67. The molecule has 6 aliphatic rings. The van der Waals surface area contributed by atoms with Crippen LogP contribution in [0.2, 0.25) is 0 Å². The maximum atomic E-state index is 11.4. The molecule has 1 saturated heterocycles. The standard InChI is InChI=1S/C36H58O7/c1-31(2)17-21-20-9-10-24-34(6)13-12-26(43-30-29(41)28(40)27(39)22(19-37)42-30)32(3,4)23(34)11-14-36(24,8)35(20,7)16-15-33(21,5)25(38)18-31/h9-10,22-30,37-41H,11-19H2,1-8H3/t22-,23+,24-,25-,26+,27-,28+,29-,30+,33-,34+,35-,36-/m1/s1. The summed E-state index contributed by atoms with van der Waals surface area (Å²) in [6.45, 7) is 18.6. The first kappa shape index (κ1) is 32.2. The minimum Gasteiger partial charge on any atom is -0.394 e. The zero-order valence-electron chi connectivity index (χ0n) is 27.8. The Labute approximate surface area is 258 Å². The first-order valence-electron chi connectivity index (χ1n) is 16.9. The predicted octanol–water partition coefficient (Wildman–Crippen LogP) is 4.88. The van der Waals surface area contributed by atoms with E-state index in [1.165, 1.54) is 11.1 Å². The Morgan fingerprint density at radius 3 is 2.23 bits per heavy atom. The van der Waals surface area contributed by atoms with Crippen molar-refractivity contribution in [2.45, 2.75) is 150 Å². The molecule has 4 fully saturated rings. The Balaban J connectivity index is 1.32. The summed E-state index contributed by atoms with van der Waals surface area (Å²) < 4.78 is 12.2. The number of ether oxygens (including phenoxy) is 2. The van der Waals surface area contributed by atoms with E-state index in [9.17, 15) is 25.5 Å². The Hall–Kier alpha value is -0.800. The molecule has 0 aromatic heterocycles. The maximum absolute atomic E-state index is 11.4. The number of aliphatic hydroxyl groups excluding tert-OH is 5. The van der Waals surface area contributed by atoms with E-state index in [0.29, 0.717) is 11.8 Å². The fraction of sp³-hybridized carbons (Fsp3) is 0.889. The third kappa shape index (κ3) is 4.38. The highest BCUT2D eigenvalue weighted by atomic mass is 16.7. The summed E-state index contributed by atoms with van der Waals surface area (Å²) in [4.78, 5) is 0. The summed E-state index contributed by atoms with van der Waals surface area (Å²) in [5.74, 6) is 0.792. The lowest BCUT2D eigenvalue weighted by Crippen LogP contribution is -2.65. The van der Waals surface area contributed by atoms with E-state index in [4.69, 9.17) is 9.47 Å². The highest BCUT2D eigenvalue weighted by molar-refractivity contribution is 5.46. The lowest BCUT2D eigenvalue weighted by molar-refractivity contribution is -0.329. The van der Waals surface area contributed by atoms with Gasteiger partial charge in [0.1, 0.15) is 24.4 Å². The molecule has 3 saturated carbocycles. The van der Waals surface area contributed by atoms with Crippen LogP contribution in [0.4, 0.5) is 0 Å². The van der Waals surface area contributed by atoms with Gasteiger partial charge in [0.05, 0.1) is 18.8 Å². The molecule has 5 aliphatic carbocycles. The van der Waals surface area contributed by atoms with Gasteiger partial charge in [-0.1, -0.05) is 73.1 Å². The van der Waals surface area contributed by atoms with Crippen LogP contribution in [0.25, 0.3) is 0 Å². The van der Waals surface area contributed by atoms with Gasteiger partial charge in [0.2, 0.25) is 0 Å². The van der Waals surface area contributed by atoms with Gasteiger partial charge in [0.25, 0.3) is 0 Å². The fourth-order valence-electron chi connectivity index (χ4n) is 11.6. The minimum absolute atomic E-state index is 0.0518. The first-order chi connectivity index (χ1) is 19.9. The summed E-state index contributed by atoms with van der Waals surface area (Å²) in [7, 11) is 0. The Morgan fingerprint density at radius 2 is 1.56 bits per heavy atom. The van der Waals surface area contributed by atoms with Crippen molar-refractivity contribution in [2.75, 3.05) is 6.61 Å². The Bertz CT molecular complexity index is 1170. The molecular weight excluding hydrogens is 544 g/mol. The number of hydrogen-bond donors (Lipinski definition) is 5. The molecule has 1 aliphatic heterocycles. The molecule has 43 heavy (non-hydrogen) atoms. The summed E-state index contributed by atoms with van der Waals surface area (Å²) in [5, 5.41) is 52.4. The van der Waals surface area contributed by atoms with Crippen molar-refractivity contribution in [2.24, 2.45) is 44.3 Å². The second-order valence-corrected chi connectivity index (χ2v) is 17.7. The van der Waals surface area contributed by atoms with Crippen molar-refractivity contribution in [3.63, 3.8) is 0 Å². The van der Waals surface area contributed by atoms with Crippen molar-refractivity contribution < 1.29 is 35.0 Å². The van der Waals surface area contributed by atoms with Gasteiger partial charge < -0.3 is 35.0 Å². The van der Waals surface area contributed by atoms with E-state index in [1.54, 1.807) is 0 Å². The molecule has 13 atom stereocenters. The number of rotatable bonds is 3. The third-order valence-corrected chi connectivity index (χ3v) is 14.6. The number of aliphatic hydroxyl groups is 5. The van der Waals surface area contributed by atoms with Gasteiger partial charge in [0, 0.05) is 5.41 Å². The molecule has 244 valence electrons. The van der Waals surface area contributed by atoms with Crippen LogP contribution in [0.3, 0.4) is 0 Å². The maximum Gasteiger partial charge on any atom is 0.186 e. The van der Waals surface area contributed by atoms with Crippen LogP contribution in [-0.4, -0.2) is 75.1 Å². The molecule has 0 unspecified atom stereocenters. The van der Waals surface area contributed by atoms with E-state index in [2.05, 4.69) is 67.5 Å². The summed E-state index contributed by atoms with van der Waals surface area (Å²) in [6.07, 6.45) is 6.30. The third-order valence-electron chi connectivity index (χ3n) is 14.6. The molecule has 5 N–H and O–H groups in total. The average Bonchev–Trinajstić information content (AvgIpc) is 2.92. The predicted molar refractivity (Wildman–Crippen MR) is 165 cm³/mol.